The summed E-state index contributed by atoms with van der Waals surface area (Å²) in [6.45, 7) is 6.65. The van der Waals surface area contributed by atoms with Crippen LogP contribution in [0, 0.1) is 0 Å². The molecule has 0 heterocycles. The van der Waals surface area contributed by atoms with Crippen LogP contribution in [0.1, 0.15) is 39.2 Å². The van der Waals surface area contributed by atoms with Crippen molar-refractivity contribution in [3.05, 3.63) is 60.2 Å². The van der Waals surface area contributed by atoms with Gasteiger partial charge in [-0.15, -0.1) is 0 Å². The molecule has 0 aliphatic rings. The highest BCUT2D eigenvalue weighted by Gasteiger charge is 2.22. The summed E-state index contributed by atoms with van der Waals surface area (Å²) >= 11 is 0. The van der Waals surface area contributed by atoms with Crippen molar-refractivity contribution >= 4 is 21.6 Å². The van der Waals surface area contributed by atoms with Crippen molar-refractivity contribution in [3.63, 3.8) is 0 Å². The van der Waals surface area contributed by atoms with Crippen LogP contribution >= 0.6 is 0 Å². The normalized spacial score (nSPS) is 11.7. The van der Waals surface area contributed by atoms with Crippen molar-refractivity contribution in [2.24, 2.45) is 0 Å². The molecule has 2 rings (SSSR count). The number of nitrogens with one attached hydrogen (secondary N) is 1. The number of amides is 1. The molecule has 0 unspecified atom stereocenters. The Morgan fingerprint density at radius 2 is 1.70 bits per heavy atom. The van der Waals surface area contributed by atoms with Gasteiger partial charge < -0.3 is 10.1 Å². The second-order valence-corrected chi connectivity index (χ2v) is 9.87. The molecule has 7 heteroatoms. The third-order valence-electron chi connectivity index (χ3n) is 4.57. The third-order valence-corrected chi connectivity index (χ3v) is 5.76. The number of sulfonamides is 1. The van der Waals surface area contributed by atoms with Crippen LogP contribution in [0.15, 0.2) is 54.6 Å². The standard InChI is InChI=1S/C23H32N2O4S/c1-5-29-21-15-13-20(14-16-21)25(30(4,27)28)17-9-12-22(26)24-23(2,3)18-19-10-7-6-8-11-19/h6-8,10-11,13-16H,5,9,12,17-18H2,1-4H3,(H,24,26). The lowest BCUT2D eigenvalue weighted by Crippen LogP contribution is -2.45. The first kappa shape index (κ1) is 23.7. The largest absolute Gasteiger partial charge is 0.494 e. The molecule has 0 bridgehead atoms. The summed E-state index contributed by atoms with van der Waals surface area (Å²) < 4.78 is 31.2. The lowest BCUT2D eigenvalue weighted by Gasteiger charge is -2.27. The molecule has 6 nitrogen and oxygen atoms in total. The minimum atomic E-state index is -3.46. The quantitative estimate of drug-likeness (QED) is 0.586. The van der Waals surface area contributed by atoms with Crippen LogP contribution in [0.4, 0.5) is 5.69 Å². The SMILES string of the molecule is CCOc1ccc(N(CCCC(=O)NC(C)(C)Cc2ccccc2)S(C)(=O)=O)cc1. The van der Waals surface area contributed by atoms with Crippen molar-refractivity contribution in [2.45, 2.75) is 45.6 Å². The first-order valence-electron chi connectivity index (χ1n) is 10.2. The van der Waals surface area contributed by atoms with E-state index in [1.54, 1.807) is 24.3 Å². The van der Waals surface area contributed by atoms with E-state index in [2.05, 4.69) is 5.32 Å². The van der Waals surface area contributed by atoms with Crippen LogP contribution in [0.25, 0.3) is 0 Å². The first-order valence-corrected chi connectivity index (χ1v) is 12.0. The van der Waals surface area contributed by atoms with E-state index in [1.807, 2.05) is 51.1 Å². The van der Waals surface area contributed by atoms with E-state index in [0.717, 1.165) is 12.0 Å². The molecule has 0 aliphatic heterocycles. The molecule has 0 aliphatic carbocycles. The number of benzene rings is 2. The van der Waals surface area contributed by atoms with Crippen molar-refractivity contribution in [2.75, 3.05) is 23.7 Å². The Labute approximate surface area is 180 Å². The molecule has 0 saturated heterocycles. The van der Waals surface area contributed by atoms with E-state index in [4.69, 9.17) is 4.74 Å². The van der Waals surface area contributed by atoms with Crippen LogP contribution in [0.3, 0.4) is 0 Å². The second-order valence-electron chi connectivity index (χ2n) is 7.96. The Kier molecular flexibility index (Phi) is 8.29. The Hall–Kier alpha value is -2.54. The number of hydrogen-bond acceptors (Lipinski definition) is 4. The molecule has 30 heavy (non-hydrogen) atoms. The molecule has 0 spiro atoms. The van der Waals surface area contributed by atoms with Crippen LogP contribution in [-0.2, 0) is 21.2 Å². The number of ether oxygens (including phenoxy) is 1. The Balaban J connectivity index is 1.92. The summed E-state index contributed by atoms with van der Waals surface area (Å²) in [4.78, 5) is 12.4. The van der Waals surface area contributed by atoms with Gasteiger partial charge in [-0.1, -0.05) is 30.3 Å². The zero-order valence-electron chi connectivity index (χ0n) is 18.2. The van der Waals surface area contributed by atoms with Gasteiger partial charge in [-0.05, 0) is 63.4 Å². The number of carbonyl (C=O) groups is 1. The predicted molar refractivity (Wildman–Crippen MR) is 121 cm³/mol. The van der Waals surface area contributed by atoms with Gasteiger partial charge in [0.15, 0.2) is 0 Å². The van der Waals surface area contributed by atoms with E-state index in [-0.39, 0.29) is 24.4 Å². The average Bonchev–Trinajstić information content (AvgIpc) is 2.65. The van der Waals surface area contributed by atoms with Crippen LogP contribution in [0.2, 0.25) is 0 Å². The minimum Gasteiger partial charge on any atom is -0.494 e. The molecule has 1 amide bonds. The Bertz CT molecular complexity index is 910. The van der Waals surface area contributed by atoms with Crippen molar-refractivity contribution in [3.8, 4) is 5.75 Å². The molecule has 164 valence electrons. The molecule has 2 aromatic rings. The lowest BCUT2D eigenvalue weighted by molar-refractivity contribution is -0.122. The Morgan fingerprint density at radius 3 is 2.27 bits per heavy atom. The minimum absolute atomic E-state index is 0.0870. The van der Waals surface area contributed by atoms with Crippen LogP contribution in [0.5, 0.6) is 5.75 Å². The van der Waals surface area contributed by atoms with E-state index < -0.39 is 10.0 Å². The number of carbonyl (C=O) groups excluding carboxylic acids is 1. The van der Waals surface area contributed by atoms with Gasteiger partial charge in [0.1, 0.15) is 5.75 Å². The molecule has 0 fully saturated rings. The number of nitrogens with zero attached hydrogens (tertiary/aromatic N) is 1. The van der Waals surface area contributed by atoms with Crippen molar-refractivity contribution < 1.29 is 17.9 Å². The predicted octanol–water partition coefficient (Wildman–Crippen LogP) is 3.77. The van der Waals surface area contributed by atoms with Crippen LogP contribution in [-0.4, -0.2) is 39.3 Å². The maximum atomic E-state index is 12.4. The van der Waals surface area contributed by atoms with Gasteiger partial charge in [0, 0.05) is 18.5 Å². The zero-order valence-corrected chi connectivity index (χ0v) is 19.0. The fourth-order valence-corrected chi connectivity index (χ4v) is 4.30. The monoisotopic (exact) mass is 432 g/mol. The van der Waals surface area contributed by atoms with Gasteiger partial charge in [0.25, 0.3) is 0 Å². The maximum absolute atomic E-state index is 12.4. The fraction of sp³-hybridized carbons (Fsp3) is 0.435. The summed E-state index contributed by atoms with van der Waals surface area (Å²) in [5, 5.41) is 3.06. The van der Waals surface area contributed by atoms with Crippen molar-refractivity contribution in [1.29, 1.82) is 0 Å². The smallest absolute Gasteiger partial charge is 0.232 e. The summed E-state index contributed by atoms with van der Waals surface area (Å²) in [6, 6.07) is 16.9. The molecule has 0 aromatic heterocycles. The third kappa shape index (κ3) is 7.71. The van der Waals surface area contributed by atoms with Gasteiger partial charge in [-0.25, -0.2) is 8.42 Å². The van der Waals surface area contributed by atoms with E-state index in [1.165, 1.54) is 10.6 Å². The van der Waals surface area contributed by atoms with Gasteiger partial charge >= 0.3 is 0 Å². The topological polar surface area (TPSA) is 75.7 Å². The molecule has 0 atom stereocenters. The molecule has 0 saturated carbocycles. The van der Waals surface area contributed by atoms with E-state index in [9.17, 15) is 13.2 Å². The molecule has 1 N–H and O–H groups in total. The number of hydrogen-bond donors (Lipinski definition) is 1. The number of rotatable bonds is 11. The van der Waals surface area contributed by atoms with E-state index in [0.29, 0.717) is 24.5 Å². The summed E-state index contributed by atoms with van der Waals surface area (Å²) in [6.07, 6.45) is 2.57. The lowest BCUT2D eigenvalue weighted by atomic mass is 9.94. The molecule has 0 radical (unpaired) electrons. The van der Waals surface area contributed by atoms with Gasteiger partial charge in [-0.3, -0.25) is 9.10 Å². The van der Waals surface area contributed by atoms with Crippen LogP contribution < -0.4 is 14.4 Å². The first-order chi connectivity index (χ1) is 14.1. The highest BCUT2D eigenvalue weighted by Crippen LogP contribution is 2.22. The van der Waals surface area contributed by atoms with E-state index >= 15 is 0 Å². The summed E-state index contributed by atoms with van der Waals surface area (Å²) in [5.41, 5.74) is 1.33. The highest BCUT2D eigenvalue weighted by molar-refractivity contribution is 7.92. The van der Waals surface area contributed by atoms with Gasteiger partial charge in [-0.2, -0.15) is 0 Å². The molecular formula is C23H32N2O4S. The highest BCUT2D eigenvalue weighted by atomic mass is 32.2. The maximum Gasteiger partial charge on any atom is 0.232 e. The Morgan fingerprint density at radius 1 is 1.07 bits per heavy atom. The van der Waals surface area contributed by atoms with Crippen molar-refractivity contribution in [1.82, 2.24) is 5.32 Å². The second kappa shape index (κ2) is 10.5. The number of anilines is 1. The average molecular weight is 433 g/mol. The molecule has 2 aromatic carbocycles. The summed E-state index contributed by atoms with van der Waals surface area (Å²) in [5.74, 6) is 0.603. The fourth-order valence-electron chi connectivity index (χ4n) is 3.34. The summed E-state index contributed by atoms with van der Waals surface area (Å²) in [7, 11) is -3.46. The zero-order chi connectivity index (χ0) is 22.2. The van der Waals surface area contributed by atoms with Gasteiger partial charge in [0.2, 0.25) is 15.9 Å². The molecular weight excluding hydrogens is 400 g/mol. The van der Waals surface area contributed by atoms with Gasteiger partial charge in [0.05, 0.1) is 18.6 Å².